The largest absolute Gasteiger partial charge is 0.484 e. The van der Waals surface area contributed by atoms with E-state index in [4.69, 9.17) is 4.74 Å². The molecule has 2 heterocycles. The van der Waals surface area contributed by atoms with Crippen LogP contribution in [0.25, 0.3) is 5.57 Å². The van der Waals surface area contributed by atoms with E-state index in [2.05, 4.69) is 5.32 Å². The third-order valence-electron chi connectivity index (χ3n) is 6.24. The van der Waals surface area contributed by atoms with E-state index < -0.39 is 57.4 Å². The van der Waals surface area contributed by atoms with Crippen LogP contribution in [0.5, 0.6) is 5.75 Å². The van der Waals surface area contributed by atoms with Crippen LogP contribution in [0, 0.1) is 17.5 Å². The SMILES string of the molecule is CC(Cc1ccc(C2=C(C(=O)O)C3CNCC(C2)N3S(C)(=O)=O)cc1)Oc1c(F)ccc(F)c1F. The third-order valence-corrected chi connectivity index (χ3v) is 7.56. The molecular formula is C24H25F3N2O5S. The van der Waals surface area contributed by atoms with Gasteiger partial charge in [0, 0.05) is 25.6 Å². The first-order valence-electron chi connectivity index (χ1n) is 11.0. The number of nitrogens with one attached hydrogen (secondary N) is 1. The number of nitrogens with zero attached hydrogens (tertiary/aromatic N) is 1. The zero-order chi connectivity index (χ0) is 25.5. The molecule has 2 bridgehead atoms. The van der Waals surface area contributed by atoms with Crippen molar-refractivity contribution in [1.82, 2.24) is 9.62 Å². The number of hydrogen-bond donors (Lipinski definition) is 2. The van der Waals surface area contributed by atoms with E-state index in [0.717, 1.165) is 17.9 Å². The highest BCUT2D eigenvalue weighted by atomic mass is 32.2. The van der Waals surface area contributed by atoms with Crippen LogP contribution in [0.2, 0.25) is 0 Å². The Kier molecular flexibility index (Phi) is 6.94. The average Bonchev–Trinajstić information content (AvgIpc) is 2.78. The maximum atomic E-state index is 13.9. The Morgan fingerprint density at radius 2 is 1.80 bits per heavy atom. The maximum absolute atomic E-state index is 13.9. The predicted octanol–water partition coefficient (Wildman–Crippen LogP) is 2.96. The van der Waals surface area contributed by atoms with Crippen molar-refractivity contribution in [3.63, 3.8) is 0 Å². The van der Waals surface area contributed by atoms with E-state index >= 15 is 0 Å². The number of sulfonamides is 1. The maximum Gasteiger partial charge on any atom is 0.333 e. The minimum Gasteiger partial charge on any atom is -0.484 e. The number of carboxylic acids is 1. The zero-order valence-electron chi connectivity index (χ0n) is 19.1. The summed E-state index contributed by atoms with van der Waals surface area (Å²) in [6, 6.07) is 7.24. The molecule has 0 saturated carbocycles. The van der Waals surface area contributed by atoms with Crippen molar-refractivity contribution in [3.8, 4) is 5.75 Å². The van der Waals surface area contributed by atoms with Gasteiger partial charge in [0.05, 0.1) is 17.9 Å². The summed E-state index contributed by atoms with van der Waals surface area (Å²) in [5.41, 5.74) is 2.03. The summed E-state index contributed by atoms with van der Waals surface area (Å²) in [5.74, 6) is -5.54. The Hall–Kier alpha value is -2.89. The summed E-state index contributed by atoms with van der Waals surface area (Å²) in [5, 5.41) is 13.0. The Bertz CT molecular complexity index is 1280. The van der Waals surface area contributed by atoms with Crippen LogP contribution in [0.3, 0.4) is 0 Å². The van der Waals surface area contributed by atoms with Gasteiger partial charge in [-0.1, -0.05) is 24.3 Å². The molecule has 0 aromatic heterocycles. The van der Waals surface area contributed by atoms with E-state index in [1.54, 1.807) is 31.2 Å². The van der Waals surface area contributed by atoms with E-state index in [1.807, 2.05) is 0 Å². The van der Waals surface area contributed by atoms with Crippen molar-refractivity contribution in [3.05, 3.63) is 70.5 Å². The monoisotopic (exact) mass is 510 g/mol. The van der Waals surface area contributed by atoms with Crippen LogP contribution in [-0.4, -0.2) is 61.3 Å². The highest BCUT2D eigenvalue weighted by Crippen LogP contribution is 2.38. The van der Waals surface area contributed by atoms with Crippen molar-refractivity contribution >= 4 is 21.6 Å². The van der Waals surface area contributed by atoms with Gasteiger partial charge in [-0.2, -0.15) is 8.70 Å². The highest BCUT2D eigenvalue weighted by molar-refractivity contribution is 7.88. The lowest BCUT2D eigenvalue weighted by Gasteiger charge is -2.45. The summed E-state index contributed by atoms with van der Waals surface area (Å²) in [7, 11) is -3.61. The fourth-order valence-corrected chi connectivity index (χ4v) is 6.17. The number of benzene rings is 2. The minimum absolute atomic E-state index is 0.0420. The minimum atomic E-state index is -3.61. The van der Waals surface area contributed by atoms with Crippen molar-refractivity contribution in [1.29, 1.82) is 0 Å². The number of piperazine rings is 1. The van der Waals surface area contributed by atoms with Crippen molar-refractivity contribution in [2.75, 3.05) is 19.3 Å². The van der Waals surface area contributed by atoms with Crippen molar-refractivity contribution < 1.29 is 36.2 Å². The van der Waals surface area contributed by atoms with Gasteiger partial charge in [-0.25, -0.2) is 22.0 Å². The molecule has 4 rings (SSSR count). The number of ether oxygens (including phenoxy) is 1. The van der Waals surface area contributed by atoms with Gasteiger partial charge in [-0.3, -0.25) is 0 Å². The van der Waals surface area contributed by atoms with Crippen LogP contribution >= 0.6 is 0 Å². The zero-order valence-corrected chi connectivity index (χ0v) is 19.9. The molecule has 11 heteroatoms. The molecule has 2 aliphatic heterocycles. The molecule has 3 atom stereocenters. The molecule has 0 amide bonds. The fourth-order valence-electron chi connectivity index (χ4n) is 4.84. The summed E-state index contributed by atoms with van der Waals surface area (Å²) >= 11 is 0. The van der Waals surface area contributed by atoms with Gasteiger partial charge in [-0.15, -0.1) is 0 Å². The van der Waals surface area contributed by atoms with Gasteiger partial charge >= 0.3 is 5.97 Å². The molecule has 1 saturated heterocycles. The van der Waals surface area contributed by atoms with Gasteiger partial charge in [-0.05, 0) is 42.2 Å². The molecule has 0 spiro atoms. The second kappa shape index (κ2) is 9.63. The number of aliphatic carboxylic acids is 1. The molecule has 2 N–H and O–H groups in total. The van der Waals surface area contributed by atoms with Gasteiger partial charge in [0.25, 0.3) is 0 Å². The van der Waals surface area contributed by atoms with Gasteiger partial charge < -0.3 is 15.2 Å². The van der Waals surface area contributed by atoms with E-state index in [-0.39, 0.29) is 25.0 Å². The standard InChI is InChI=1S/C24H25F3N2O5S/c1-13(34-23-19(26)8-7-18(25)22(23)27)9-14-3-5-15(6-4-14)17-10-16-11-28-12-20(21(17)24(30)31)29(16)35(2,32)33/h3-8,13,16,20,28H,9-12H2,1-2H3,(H,30,31). The second-order valence-electron chi connectivity index (χ2n) is 8.82. The third kappa shape index (κ3) is 5.07. The van der Waals surface area contributed by atoms with Crippen LogP contribution in [0.15, 0.2) is 42.0 Å². The predicted molar refractivity (Wildman–Crippen MR) is 123 cm³/mol. The Labute approximate surface area is 201 Å². The van der Waals surface area contributed by atoms with E-state index in [0.29, 0.717) is 23.7 Å². The molecule has 2 aromatic rings. The number of carbonyl (C=O) groups is 1. The molecule has 3 unspecified atom stereocenters. The van der Waals surface area contributed by atoms with Gasteiger partial charge in [0.2, 0.25) is 15.8 Å². The van der Waals surface area contributed by atoms with E-state index in [9.17, 15) is 31.5 Å². The van der Waals surface area contributed by atoms with Gasteiger partial charge in [0.1, 0.15) is 6.10 Å². The number of hydrogen-bond acceptors (Lipinski definition) is 5. The molecule has 0 aliphatic carbocycles. The molecule has 7 nitrogen and oxygen atoms in total. The summed E-state index contributed by atoms with van der Waals surface area (Å²) in [6.45, 7) is 2.22. The number of halogens is 3. The topological polar surface area (TPSA) is 95.9 Å². The first-order valence-corrected chi connectivity index (χ1v) is 12.9. The van der Waals surface area contributed by atoms with Gasteiger partial charge in [0.15, 0.2) is 17.4 Å². The smallest absolute Gasteiger partial charge is 0.333 e. The number of carboxylic acid groups (broad SMARTS) is 1. The first-order chi connectivity index (χ1) is 16.5. The highest BCUT2D eigenvalue weighted by Gasteiger charge is 2.45. The summed E-state index contributed by atoms with van der Waals surface area (Å²) in [6.07, 6.45) is 0.915. The quantitative estimate of drug-likeness (QED) is 0.557. The van der Waals surface area contributed by atoms with Crippen LogP contribution in [0.1, 0.15) is 24.5 Å². The van der Waals surface area contributed by atoms with Crippen molar-refractivity contribution in [2.24, 2.45) is 0 Å². The lowest BCUT2D eigenvalue weighted by Crippen LogP contribution is -2.62. The summed E-state index contributed by atoms with van der Waals surface area (Å²) in [4.78, 5) is 12.2. The fraction of sp³-hybridized carbons (Fsp3) is 0.375. The van der Waals surface area contributed by atoms with Crippen LogP contribution < -0.4 is 10.1 Å². The lowest BCUT2D eigenvalue weighted by molar-refractivity contribution is -0.133. The summed E-state index contributed by atoms with van der Waals surface area (Å²) < 4.78 is 72.4. The Morgan fingerprint density at radius 3 is 2.43 bits per heavy atom. The molecule has 35 heavy (non-hydrogen) atoms. The lowest BCUT2D eigenvalue weighted by atomic mass is 9.84. The van der Waals surface area contributed by atoms with Crippen LogP contribution in [-0.2, 0) is 21.2 Å². The number of fused-ring (bicyclic) bond motifs is 2. The van der Waals surface area contributed by atoms with E-state index in [1.165, 1.54) is 4.31 Å². The normalized spacial score (nSPS) is 21.6. The molecule has 1 fully saturated rings. The van der Waals surface area contributed by atoms with Crippen molar-refractivity contribution in [2.45, 2.75) is 38.0 Å². The second-order valence-corrected chi connectivity index (χ2v) is 10.7. The average molecular weight is 511 g/mol. The molecule has 2 aliphatic rings. The van der Waals surface area contributed by atoms with Crippen LogP contribution in [0.4, 0.5) is 13.2 Å². The molecule has 188 valence electrons. The molecule has 2 aromatic carbocycles. The first kappa shape index (κ1) is 25.2. The number of rotatable bonds is 7. The Balaban J connectivity index is 1.57. The molecule has 0 radical (unpaired) electrons. The molecular weight excluding hydrogens is 485 g/mol. The Morgan fingerprint density at radius 1 is 1.14 bits per heavy atom.